The number of morpholine rings is 1. The van der Waals surface area contributed by atoms with E-state index in [0.717, 1.165) is 46.3 Å². The van der Waals surface area contributed by atoms with Crippen molar-refractivity contribution in [3.05, 3.63) is 20.8 Å². The fourth-order valence-electron chi connectivity index (χ4n) is 4.10. The van der Waals surface area contributed by atoms with Crippen molar-refractivity contribution in [2.24, 2.45) is 0 Å². The number of fused-ring (bicyclic) bond motifs is 1. The summed E-state index contributed by atoms with van der Waals surface area (Å²) in [6.45, 7) is 8.42. The molecule has 4 rings (SSSR count). The number of thiophene rings is 1. The Morgan fingerprint density at radius 2 is 1.93 bits per heavy atom. The van der Waals surface area contributed by atoms with Crippen molar-refractivity contribution in [2.45, 2.75) is 62.9 Å². The van der Waals surface area contributed by atoms with Gasteiger partial charge in [-0.3, -0.25) is 14.2 Å². The lowest BCUT2D eigenvalue weighted by Crippen LogP contribution is -2.44. The number of carbonyl (C=O) groups is 1. The molecule has 1 aliphatic heterocycles. The van der Waals surface area contributed by atoms with Crippen molar-refractivity contribution >= 4 is 39.2 Å². The molecule has 2 aromatic heterocycles. The molecule has 0 aromatic carbocycles. The molecule has 1 saturated carbocycles. The van der Waals surface area contributed by atoms with E-state index in [0.29, 0.717) is 31.5 Å². The first-order valence-corrected chi connectivity index (χ1v) is 11.7. The van der Waals surface area contributed by atoms with Gasteiger partial charge in [-0.2, -0.15) is 0 Å². The molecule has 2 fully saturated rings. The van der Waals surface area contributed by atoms with Crippen molar-refractivity contribution in [1.29, 1.82) is 0 Å². The van der Waals surface area contributed by atoms with Gasteiger partial charge < -0.3 is 9.64 Å². The highest BCUT2D eigenvalue weighted by Crippen LogP contribution is 2.35. The van der Waals surface area contributed by atoms with Crippen LogP contribution in [0.15, 0.2) is 9.95 Å². The maximum absolute atomic E-state index is 13.4. The van der Waals surface area contributed by atoms with Crippen molar-refractivity contribution < 1.29 is 9.53 Å². The number of rotatable bonds is 4. The van der Waals surface area contributed by atoms with E-state index >= 15 is 0 Å². The Kier molecular flexibility index (Phi) is 5.81. The second-order valence-electron chi connectivity index (χ2n) is 7.67. The van der Waals surface area contributed by atoms with Gasteiger partial charge in [-0.15, -0.1) is 11.3 Å². The Morgan fingerprint density at radius 1 is 1.25 bits per heavy atom. The van der Waals surface area contributed by atoms with E-state index in [4.69, 9.17) is 9.72 Å². The first-order valence-electron chi connectivity index (χ1n) is 10.0. The monoisotopic (exact) mass is 421 g/mol. The van der Waals surface area contributed by atoms with Crippen LogP contribution in [-0.2, 0) is 9.53 Å². The summed E-state index contributed by atoms with van der Waals surface area (Å²) < 4.78 is 7.25. The topological polar surface area (TPSA) is 64.4 Å². The lowest BCUT2D eigenvalue weighted by atomic mass is 10.2. The molecule has 0 bridgehead atoms. The van der Waals surface area contributed by atoms with Crippen LogP contribution in [0.2, 0.25) is 0 Å². The van der Waals surface area contributed by atoms with Crippen LogP contribution in [0.4, 0.5) is 0 Å². The van der Waals surface area contributed by atoms with Crippen LogP contribution in [-0.4, -0.2) is 51.9 Å². The summed E-state index contributed by atoms with van der Waals surface area (Å²) in [5.41, 5.74) is 1.10. The Bertz CT molecular complexity index is 940. The standard InChI is InChI=1S/C20H27N3O3S2/c1-12-13(2)27-17-16(12)19(25)23(15-6-4-5-7-15)20(21-17)28-14(3)18(24)22-8-10-26-11-9-22/h14-15H,4-11H2,1-3H3. The number of hydrogen-bond donors (Lipinski definition) is 0. The molecule has 1 saturated heterocycles. The van der Waals surface area contributed by atoms with Crippen LogP contribution >= 0.6 is 23.1 Å². The highest BCUT2D eigenvalue weighted by atomic mass is 32.2. The maximum Gasteiger partial charge on any atom is 0.263 e. The Labute approximate surface area is 173 Å². The van der Waals surface area contributed by atoms with Gasteiger partial charge in [0.15, 0.2) is 5.16 Å². The van der Waals surface area contributed by atoms with Crippen LogP contribution < -0.4 is 5.56 Å². The number of aryl methyl sites for hydroxylation is 2. The molecule has 6 nitrogen and oxygen atoms in total. The van der Waals surface area contributed by atoms with Crippen molar-refractivity contribution in [3.63, 3.8) is 0 Å². The van der Waals surface area contributed by atoms with Gasteiger partial charge in [0.25, 0.3) is 5.56 Å². The smallest absolute Gasteiger partial charge is 0.263 e. The Hall–Kier alpha value is -1.38. The summed E-state index contributed by atoms with van der Waals surface area (Å²) >= 11 is 3.00. The van der Waals surface area contributed by atoms with E-state index in [9.17, 15) is 9.59 Å². The summed E-state index contributed by atoms with van der Waals surface area (Å²) in [5.74, 6) is 0.0964. The molecule has 1 atom stereocenters. The molecule has 1 unspecified atom stereocenters. The second-order valence-corrected chi connectivity index (χ2v) is 10.2. The first kappa shape index (κ1) is 19.9. The van der Waals surface area contributed by atoms with Gasteiger partial charge in [-0.05, 0) is 39.2 Å². The van der Waals surface area contributed by atoms with Crippen molar-refractivity contribution in [3.8, 4) is 0 Å². The third-order valence-electron chi connectivity index (χ3n) is 5.85. The zero-order valence-electron chi connectivity index (χ0n) is 16.7. The van der Waals surface area contributed by atoms with Gasteiger partial charge >= 0.3 is 0 Å². The zero-order chi connectivity index (χ0) is 19.8. The molecule has 3 heterocycles. The van der Waals surface area contributed by atoms with Gasteiger partial charge in [0.1, 0.15) is 4.83 Å². The van der Waals surface area contributed by atoms with E-state index in [2.05, 4.69) is 0 Å². The van der Waals surface area contributed by atoms with Crippen LogP contribution in [0.5, 0.6) is 0 Å². The minimum Gasteiger partial charge on any atom is -0.378 e. The molecule has 0 N–H and O–H groups in total. The molecule has 2 aromatic rings. The lowest BCUT2D eigenvalue weighted by molar-refractivity contribution is -0.134. The molecular formula is C20H27N3O3S2. The molecule has 1 aliphatic carbocycles. The molecule has 152 valence electrons. The quantitative estimate of drug-likeness (QED) is 0.558. The molecule has 2 aliphatic rings. The second kappa shape index (κ2) is 8.16. The Morgan fingerprint density at radius 3 is 2.61 bits per heavy atom. The molecule has 1 amide bonds. The molecule has 0 spiro atoms. The summed E-state index contributed by atoms with van der Waals surface area (Å²) in [5, 5.41) is 1.17. The van der Waals surface area contributed by atoms with Gasteiger partial charge in [0, 0.05) is 24.0 Å². The number of nitrogens with zero attached hydrogens (tertiary/aromatic N) is 3. The molecule has 0 radical (unpaired) electrons. The summed E-state index contributed by atoms with van der Waals surface area (Å²) in [6.07, 6.45) is 4.30. The number of amides is 1. The molecule has 8 heteroatoms. The van der Waals surface area contributed by atoms with E-state index < -0.39 is 0 Å². The van der Waals surface area contributed by atoms with E-state index in [-0.39, 0.29) is 22.8 Å². The van der Waals surface area contributed by atoms with Crippen LogP contribution in [0.3, 0.4) is 0 Å². The summed E-state index contributed by atoms with van der Waals surface area (Å²) in [7, 11) is 0. The molecule has 28 heavy (non-hydrogen) atoms. The number of aromatic nitrogens is 2. The van der Waals surface area contributed by atoms with Gasteiger partial charge in [0.2, 0.25) is 5.91 Å². The predicted octanol–water partition coefficient (Wildman–Crippen LogP) is 3.53. The Balaban J connectivity index is 1.71. The SMILES string of the molecule is Cc1sc2nc(SC(C)C(=O)N3CCOCC3)n(C3CCCC3)c(=O)c2c1C. The number of hydrogen-bond acceptors (Lipinski definition) is 6. The zero-order valence-corrected chi connectivity index (χ0v) is 18.3. The minimum absolute atomic E-state index is 0.0623. The third-order valence-corrected chi connectivity index (χ3v) is 8.00. The lowest BCUT2D eigenvalue weighted by Gasteiger charge is -2.29. The van der Waals surface area contributed by atoms with Gasteiger partial charge in [0.05, 0.1) is 23.8 Å². The van der Waals surface area contributed by atoms with Crippen LogP contribution in [0.1, 0.15) is 49.1 Å². The fraction of sp³-hybridized carbons (Fsp3) is 0.650. The minimum atomic E-state index is -0.280. The van der Waals surface area contributed by atoms with Gasteiger partial charge in [-0.25, -0.2) is 4.98 Å². The summed E-state index contributed by atoms with van der Waals surface area (Å²) in [6, 6.07) is 0.192. The van der Waals surface area contributed by atoms with Gasteiger partial charge in [-0.1, -0.05) is 24.6 Å². The highest BCUT2D eigenvalue weighted by molar-refractivity contribution is 8.00. The number of thioether (sulfide) groups is 1. The average molecular weight is 422 g/mol. The van der Waals surface area contributed by atoms with Crippen molar-refractivity contribution in [1.82, 2.24) is 14.5 Å². The average Bonchev–Trinajstić information content (AvgIpc) is 3.30. The van der Waals surface area contributed by atoms with E-state index in [1.54, 1.807) is 11.3 Å². The van der Waals surface area contributed by atoms with E-state index in [1.165, 1.54) is 11.8 Å². The van der Waals surface area contributed by atoms with Crippen LogP contribution in [0, 0.1) is 13.8 Å². The van der Waals surface area contributed by atoms with Crippen molar-refractivity contribution in [2.75, 3.05) is 26.3 Å². The maximum atomic E-state index is 13.4. The normalized spacial score (nSPS) is 19.5. The number of carbonyl (C=O) groups excluding carboxylic acids is 1. The van der Waals surface area contributed by atoms with E-state index in [1.807, 2.05) is 30.2 Å². The van der Waals surface area contributed by atoms with Crippen LogP contribution in [0.25, 0.3) is 10.2 Å². The molecular weight excluding hydrogens is 394 g/mol. The first-order chi connectivity index (χ1) is 13.5. The number of ether oxygens (including phenoxy) is 1. The third kappa shape index (κ3) is 3.62. The fourth-order valence-corrected chi connectivity index (χ4v) is 6.24. The highest BCUT2D eigenvalue weighted by Gasteiger charge is 2.29. The summed E-state index contributed by atoms with van der Waals surface area (Å²) in [4.78, 5) is 35.0. The largest absolute Gasteiger partial charge is 0.378 e. The predicted molar refractivity (Wildman–Crippen MR) is 114 cm³/mol.